The summed E-state index contributed by atoms with van der Waals surface area (Å²) in [6.45, 7) is 0.224. The largest absolute Gasteiger partial charge is 0.366 e. The zero-order chi connectivity index (χ0) is 20.8. The number of nitrogens with two attached hydrogens (primary N) is 1. The first-order valence-electron chi connectivity index (χ1n) is 8.92. The number of nitrogens with zero attached hydrogens (tertiary/aromatic N) is 2. The van der Waals surface area contributed by atoms with E-state index in [1.165, 1.54) is 40.2 Å². The van der Waals surface area contributed by atoms with Gasteiger partial charge in [-0.15, -0.1) is 11.3 Å². The van der Waals surface area contributed by atoms with Gasteiger partial charge in [0, 0.05) is 18.7 Å². The van der Waals surface area contributed by atoms with Crippen LogP contribution in [-0.4, -0.2) is 21.4 Å². The number of amides is 2. The highest BCUT2D eigenvalue weighted by molar-refractivity contribution is 7.18. The first-order valence-corrected chi connectivity index (χ1v) is 9.74. The topological polar surface area (TPSA) is 107 Å². The number of unbranched alkanes of at least 4 members (excludes halogenated alkanes) is 1. The van der Waals surface area contributed by atoms with Gasteiger partial charge < -0.3 is 15.6 Å². The van der Waals surface area contributed by atoms with Crippen molar-refractivity contribution in [3.8, 4) is 0 Å². The summed E-state index contributed by atoms with van der Waals surface area (Å²) in [6, 6.07) is 7.59. The molecule has 3 aromatic rings. The number of fused-ring (bicyclic) bond motifs is 1. The number of carbonyl (C=O) groups excluding carboxylic acids is 2. The Hall–Kier alpha value is -3.33. The summed E-state index contributed by atoms with van der Waals surface area (Å²) in [4.78, 5) is 39.7. The Morgan fingerprint density at radius 1 is 1.31 bits per heavy atom. The van der Waals surface area contributed by atoms with Gasteiger partial charge >= 0.3 is 0 Å². The van der Waals surface area contributed by atoms with Crippen LogP contribution in [0.1, 0.15) is 24.3 Å². The van der Waals surface area contributed by atoms with Crippen molar-refractivity contribution in [1.82, 2.24) is 9.55 Å². The Morgan fingerprint density at radius 2 is 2.14 bits per heavy atom. The number of hydrogen-bond acceptors (Lipinski definition) is 5. The van der Waals surface area contributed by atoms with Crippen molar-refractivity contribution in [2.45, 2.75) is 25.8 Å². The van der Waals surface area contributed by atoms with E-state index < -0.39 is 5.91 Å². The number of nitrogens with one attached hydrogen (secondary N) is 1. The summed E-state index contributed by atoms with van der Waals surface area (Å²) >= 11 is 1.38. The number of anilines is 1. The molecule has 2 heterocycles. The van der Waals surface area contributed by atoms with Gasteiger partial charge in [-0.2, -0.15) is 0 Å². The first-order chi connectivity index (χ1) is 13.9. The third-order valence-electron chi connectivity index (χ3n) is 4.05. The number of aromatic nitrogens is 2. The minimum Gasteiger partial charge on any atom is -0.366 e. The van der Waals surface area contributed by atoms with Crippen LogP contribution in [0.15, 0.2) is 53.5 Å². The van der Waals surface area contributed by atoms with Gasteiger partial charge in [-0.3, -0.25) is 14.4 Å². The molecule has 0 radical (unpaired) electrons. The number of primary amides is 1. The molecule has 0 aliphatic carbocycles. The van der Waals surface area contributed by atoms with Gasteiger partial charge in [-0.25, -0.2) is 9.37 Å². The number of pyridine rings is 1. The summed E-state index contributed by atoms with van der Waals surface area (Å²) in [5.74, 6) is -1.18. The summed E-state index contributed by atoms with van der Waals surface area (Å²) < 4.78 is 15.6. The maximum atomic E-state index is 13.3. The molecule has 0 fully saturated rings. The molecule has 9 heteroatoms. The average molecular weight is 414 g/mol. The van der Waals surface area contributed by atoms with Crippen molar-refractivity contribution in [1.29, 1.82) is 0 Å². The maximum Gasteiger partial charge on any atom is 0.274 e. The van der Waals surface area contributed by atoms with Gasteiger partial charge in [0.2, 0.25) is 11.8 Å². The second kappa shape index (κ2) is 9.24. The average Bonchev–Trinajstić information content (AvgIpc) is 3.06. The van der Waals surface area contributed by atoms with E-state index in [2.05, 4.69) is 10.3 Å². The van der Waals surface area contributed by atoms with E-state index in [1.54, 1.807) is 24.4 Å². The second-order valence-corrected chi connectivity index (χ2v) is 7.43. The van der Waals surface area contributed by atoms with Crippen molar-refractivity contribution >= 4 is 39.1 Å². The predicted octanol–water partition coefficient (Wildman–Crippen LogP) is 2.80. The molecule has 0 atom stereocenters. The molecule has 0 aliphatic rings. The van der Waals surface area contributed by atoms with Crippen LogP contribution in [0.25, 0.3) is 10.2 Å². The Bertz CT molecular complexity index is 1140. The van der Waals surface area contributed by atoms with Gasteiger partial charge in [0.1, 0.15) is 16.5 Å². The molecule has 0 spiro atoms. The number of hydrogen-bond donors (Lipinski definition) is 2. The lowest BCUT2D eigenvalue weighted by atomic mass is 10.2. The van der Waals surface area contributed by atoms with E-state index in [1.807, 2.05) is 0 Å². The van der Waals surface area contributed by atoms with E-state index in [9.17, 15) is 18.8 Å². The fourth-order valence-electron chi connectivity index (χ4n) is 2.71. The fourth-order valence-corrected chi connectivity index (χ4v) is 3.66. The molecular formula is C20H19FN4O3S. The highest BCUT2D eigenvalue weighted by Gasteiger charge is 2.10. The van der Waals surface area contributed by atoms with Gasteiger partial charge in [0.15, 0.2) is 0 Å². The Labute approximate surface area is 169 Å². The summed E-state index contributed by atoms with van der Waals surface area (Å²) in [5.41, 5.74) is 5.37. The van der Waals surface area contributed by atoms with Crippen LogP contribution in [0, 0.1) is 5.82 Å². The van der Waals surface area contributed by atoms with Crippen molar-refractivity contribution < 1.29 is 14.0 Å². The Kier molecular flexibility index (Phi) is 6.50. The molecular weight excluding hydrogens is 395 g/mol. The normalized spacial score (nSPS) is 11.2. The Balaban J connectivity index is 1.65. The number of rotatable bonds is 8. The highest BCUT2D eigenvalue weighted by Crippen LogP contribution is 2.23. The van der Waals surface area contributed by atoms with Crippen LogP contribution >= 0.6 is 11.3 Å². The summed E-state index contributed by atoms with van der Waals surface area (Å²) in [6.07, 6.45) is 5.74. The van der Waals surface area contributed by atoms with Crippen LogP contribution < -0.4 is 16.6 Å². The van der Waals surface area contributed by atoms with Crippen LogP contribution in [-0.2, 0) is 16.1 Å². The lowest BCUT2D eigenvalue weighted by Gasteiger charge is -2.08. The molecule has 0 unspecified atom stereocenters. The van der Waals surface area contributed by atoms with Crippen molar-refractivity contribution in [2.24, 2.45) is 5.73 Å². The minimum absolute atomic E-state index is 0.178. The second-order valence-electron chi connectivity index (χ2n) is 6.32. The predicted molar refractivity (Wildman–Crippen MR) is 110 cm³/mol. The highest BCUT2D eigenvalue weighted by atomic mass is 32.1. The van der Waals surface area contributed by atoms with Crippen LogP contribution in [0.5, 0.6) is 0 Å². The van der Waals surface area contributed by atoms with E-state index in [0.717, 1.165) is 4.70 Å². The molecule has 7 nitrogen and oxygen atoms in total. The van der Waals surface area contributed by atoms with E-state index in [-0.39, 0.29) is 35.9 Å². The maximum absolute atomic E-state index is 13.3. The van der Waals surface area contributed by atoms with Crippen molar-refractivity contribution in [2.75, 3.05) is 5.32 Å². The molecule has 150 valence electrons. The van der Waals surface area contributed by atoms with E-state index in [0.29, 0.717) is 23.4 Å². The molecule has 29 heavy (non-hydrogen) atoms. The lowest BCUT2D eigenvalue weighted by molar-refractivity contribution is -0.116. The van der Waals surface area contributed by atoms with Gasteiger partial charge in [0.25, 0.3) is 5.56 Å². The molecule has 3 N–H and O–H groups in total. The first kappa shape index (κ1) is 20.4. The van der Waals surface area contributed by atoms with Crippen LogP contribution in [0.3, 0.4) is 0 Å². The van der Waals surface area contributed by atoms with Gasteiger partial charge in [0.05, 0.1) is 16.8 Å². The minimum atomic E-state index is -0.530. The molecule has 3 rings (SSSR count). The monoisotopic (exact) mass is 414 g/mol. The van der Waals surface area contributed by atoms with Crippen molar-refractivity contribution in [3.05, 3.63) is 69.9 Å². The zero-order valence-electron chi connectivity index (χ0n) is 15.4. The molecule has 0 saturated heterocycles. The third-order valence-corrected chi connectivity index (χ3v) is 5.07. The summed E-state index contributed by atoms with van der Waals surface area (Å²) in [5, 5.41) is 3.28. The molecule has 2 amide bonds. The fraction of sp³-hybridized carbons (Fsp3) is 0.200. The number of halogens is 1. The molecule has 0 aliphatic heterocycles. The molecule has 2 aromatic heterocycles. The van der Waals surface area contributed by atoms with E-state index >= 15 is 0 Å². The smallest absolute Gasteiger partial charge is 0.274 e. The van der Waals surface area contributed by atoms with Crippen LogP contribution in [0.4, 0.5) is 10.1 Å². The van der Waals surface area contributed by atoms with Crippen molar-refractivity contribution in [3.63, 3.8) is 0 Å². The zero-order valence-corrected chi connectivity index (χ0v) is 16.2. The summed E-state index contributed by atoms with van der Waals surface area (Å²) in [7, 11) is 0. The van der Waals surface area contributed by atoms with Crippen LogP contribution in [0.2, 0.25) is 0 Å². The third kappa shape index (κ3) is 5.58. The van der Waals surface area contributed by atoms with E-state index in [4.69, 9.17) is 5.73 Å². The van der Waals surface area contributed by atoms with Gasteiger partial charge in [-0.1, -0.05) is 6.08 Å². The standard InChI is InChI=1S/C20H19FN4O3S/c21-13-8-9-16-15(11-13)24-19(29-16)12-25-10-4-5-14(20(25)28)23-18(27)7-3-1-2-6-17(22)26/h2,4-6,8-11H,1,3,7,12H2,(H2,22,26)(H,23,27)/b6-2+. The molecule has 0 saturated carbocycles. The number of benzene rings is 1. The van der Waals surface area contributed by atoms with Gasteiger partial charge in [-0.05, 0) is 43.2 Å². The molecule has 1 aromatic carbocycles. The Morgan fingerprint density at radius 3 is 2.93 bits per heavy atom. The molecule has 0 bridgehead atoms. The SMILES string of the molecule is NC(=O)/C=C/CCCC(=O)Nc1cccn(Cc2nc3cc(F)ccc3s2)c1=O. The number of thiazole rings is 1. The quantitative estimate of drug-likeness (QED) is 0.436. The number of allylic oxidation sites excluding steroid dienone is 1. The number of carbonyl (C=O) groups is 2. The lowest BCUT2D eigenvalue weighted by Crippen LogP contribution is -2.25.